The first-order valence-corrected chi connectivity index (χ1v) is 11.2. The van der Waals surface area contributed by atoms with E-state index in [9.17, 15) is 4.79 Å². The summed E-state index contributed by atoms with van der Waals surface area (Å²) in [7, 11) is 1.66. The first kappa shape index (κ1) is 19.5. The molecule has 0 spiro atoms. The van der Waals surface area contributed by atoms with Gasteiger partial charge in [-0.2, -0.15) is 5.10 Å². The van der Waals surface area contributed by atoms with Gasteiger partial charge < -0.3 is 14.4 Å². The molecule has 1 aromatic heterocycles. The maximum Gasteiger partial charge on any atom is 0.249 e. The second-order valence-corrected chi connectivity index (χ2v) is 8.61. The molecule has 2 aliphatic carbocycles. The maximum atomic E-state index is 12.9. The Labute approximate surface area is 177 Å². The lowest BCUT2D eigenvalue weighted by atomic mass is 9.96. The summed E-state index contributed by atoms with van der Waals surface area (Å²) in [5.41, 5.74) is 1.05. The lowest BCUT2D eigenvalue weighted by Gasteiger charge is -2.41. The zero-order chi connectivity index (χ0) is 20.7. The fourth-order valence-corrected chi connectivity index (χ4v) is 4.94. The summed E-state index contributed by atoms with van der Waals surface area (Å²) in [6.45, 7) is 2.93. The Bertz CT molecular complexity index is 900. The zero-order valence-corrected chi connectivity index (χ0v) is 17.8. The number of benzene rings is 1. The number of nitrogens with zero attached hydrogens (tertiary/aromatic N) is 4. The van der Waals surface area contributed by atoms with Crippen LogP contribution >= 0.6 is 0 Å². The number of morpholine rings is 1. The molecule has 3 fully saturated rings. The first-order chi connectivity index (χ1) is 14.7. The van der Waals surface area contributed by atoms with E-state index in [0.29, 0.717) is 12.0 Å². The molecule has 0 bridgehead atoms. The number of ether oxygens (including phenoxy) is 2. The van der Waals surface area contributed by atoms with Gasteiger partial charge in [0.15, 0.2) is 11.6 Å². The van der Waals surface area contributed by atoms with E-state index >= 15 is 0 Å². The SMILES string of the molecule is CCn1nc(C2CCCC2)nc1[C@H]1OCC(=O)N(C2CC2)[C@@H]1c1ccc(OC)cc1. The van der Waals surface area contributed by atoms with Crippen LogP contribution in [0.1, 0.15) is 80.7 Å². The minimum Gasteiger partial charge on any atom is -0.497 e. The lowest BCUT2D eigenvalue weighted by molar-refractivity contribution is -0.160. The summed E-state index contributed by atoms with van der Waals surface area (Å²) >= 11 is 0. The molecule has 2 aromatic rings. The maximum absolute atomic E-state index is 12.9. The number of rotatable bonds is 6. The number of amides is 1. The van der Waals surface area contributed by atoms with Gasteiger partial charge in [-0.3, -0.25) is 4.79 Å². The average Bonchev–Trinajstić information content (AvgIpc) is 3.28. The fraction of sp³-hybridized carbons (Fsp3) is 0.609. The van der Waals surface area contributed by atoms with E-state index in [1.165, 1.54) is 12.8 Å². The van der Waals surface area contributed by atoms with Gasteiger partial charge in [0, 0.05) is 18.5 Å². The number of methoxy groups -OCH3 is 1. The predicted molar refractivity (Wildman–Crippen MR) is 111 cm³/mol. The molecule has 1 aliphatic heterocycles. The summed E-state index contributed by atoms with van der Waals surface area (Å²) < 4.78 is 13.5. The molecular formula is C23H30N4O3. The van der Waals surface area contributed by atoms with E-state index in [1.807, 2.05) is 33.8 Å². The molecule has 2 atom stereocenters. The predicted octanol–water partition coefficient (Wildman–Crippen LogP) is 3.77. The van der Waals surface area contributed by atoms with E-state index in [0.717, 1.165) is 55.2 Å². The van der Waals surface area contributed by atoms with Crippen molar-refractivity contribution in [3.8, 4) is 5.75 Å². The Morgan fingerprint density at radius 2 is 1.87 bits per heavy atom. The van der Waals surface area contributed by atoms with Crippen molar-refractivity contribution in [2.45, 2.75) is 76.1 Å². The standard InChI is InChI=1S/C23H30N4O3/c1-3-26-23(24-22(25-26)16-6-4-5-7-16)21-20(15-8-12-18(29-2)13-9-15)27(17-10-11-17)19(28)14-30-21/h8-9,12-13,16-17,20-21H,3-7,10-11,14H2,1-2H3/t20-,21+/m1/s1. The van der Waals surface area contributed by atoms with Gasteiger partial charge in [0.1, 0.15) is 18.5 Å². The van der Waals surface area contributed by atoms with Gasteiger partial charge in [-0.05, 0) is 50.3 Å². The van der Waals surface area contributed by atoms with Gasteiger partial charge in [-0.1, -0.05) is 25.0 Å². The highest BCUT2D eigenvalue weighted by molar-refractivity contribution is 5.79. The normalized spacial score (nSPS) is 25.1. The van der Waals surface area contributed by atoms with Gasteiger partial charge in [-0.15, -0.1) is 0 Å². The van der Waals surface area contributed by atoms with Crippen LogP contribution in [0.3, 0.4) is 0 Å². The largest absolute Gasteiger partial charge is 0.497 e. The Hall–Kier alpha value is -2.41. The molecule has 0 unspecified atom stereocenters. The molecule has 7 nitrogen and oxygen atoms in total. The van der Waals surface area contributed by atoms with Crippen molar-refractivity contribution in [2.24, 2.45) is 0 Å². The quantitative estimate of drug-likeness (QED) is 0.725. The highest BCUT2D eigenvalue weighted by Gasteiger charge is 2.47. The van der Waals surface area contributed by atoms with Crippen molar-refractivity contribution in [3.05, 3.63) is 41.5 Å². The molecule has 0 radical (unpaired) electrons. The van der Waals surface area contributed by atoms with Crippen LogP contribution in [0.15, 0.2) is 24.3 Å². The van der Waals surface area contributed by atoms with Crippen LogP contribution in [0.4, 0.5) is 0 Å². The third-order valence-corrected chi connectivity index (χ3v) is 6.65. The molecule has 1 amide bonds. The topological polar surface area (TPSA) is 69.5 Å². The van der Waals surface area contributed by atoms with E-state index < -0.39 is 0 Å². The molecule has 0 N–H and O–H groups in total. The third kappa shape index (κ3) is 3.49. The third-order valence-electron chi connectivity index (χ3n) is 6.65. The van der Waals surface area contributed by atoms with Crippen molar-refractivity contribution in [1.29, 1.82) is 0 Å². The fourth-order valence-electron chi connectivity index (χ4n) is 4.94. The van der Waals surface area contributed by atoms with Crippen LogP contribution < -0.4 is 4.74 Å². The number of hydrogen-bond acceptors (Lipinski definition) is 5. The monoisotopic (exact) mass is 410 g/mol. The van der Waals surface area contributed by atoms with Crippen LogP contribution in [0.25, 0.3) is 0 Å². The molecule has 5 rings (SSSR count). The molecule has 3 aliphatic rings. The molecule has 1 saturated heterocycles. The second kappa shape index (κ2) is 8.02. The molecule has 1 aromatic carbocycles. The summed E-state index contributed by atoms with van der Waals surface area (Å²) in [6.07, 6.45) is 6.61. The molecular weight excluding hydrogens is 380 g/mol. The Morgan fingerprint density at radius 1 is 1.13 bits per heavy atom. The molecule has 2 heterocycles. The average molecular weight is 411 g/mol. The highest BCUT2D eigenvalue weighted by atomic mass is 16.5. The van der Waals surface area contributed by atoms with Crippen molar-refractivity contribution >= 4 is 5.91 Å². The van der Waals surface area contributed by atoms with Crippen molar-refractivity contribution < 1.29 is 14.3 Å². The summed E-state index contributed by atoms with van der Waals surface area (Å²) in [4.78, 5) is 19.9. The van der Waals surface area contributed by atoms with Crippen molar-refractivity contribution in [3.63, 3.8) is 0 Å². The van der Waals surface area contributed by atoms with Gasteiger partial charge in [0.2, 0.25) is 5.91 Å². The number of carbonyl (C=O) groups is 1. The minimum absolute atomic E-state index is 0.0631. The van der Waals surface area contributed by atoms with Gasteiger partial charge >= 0.3 is 0 Å². The Balaban J connectivity index is 1.55. The molecule has 7 heteroatoms. The highest BCUT2D eigenvalue weighted by Crippen LogP contribution is 2.45. The first-order valence-electron chi connectivity index (χ1n) is 11.2. The summed E-state index contributed by atoms with van der Waals surface area (Å²) in [6, 6.07) is 8.08. The van der Waals surface area contributed by atoms with Gasteiger partial charge in [0.25, 0.3) is 0 Å². The van der Waals surface area contributed by atoms with Crippen LogP contribution in [0.2, 0.25) is 0 Å². The number of aryl methyl sites for hydroxylation is 1. The second-order valence-electron chi connectivity index (χ2n) is 8.61. The number of aromatic nitrogens is 3. The molecule has 160 valence electrons. The van der Waals surface area contributed by atoms with Crippen LogP contribution in [0.5, 0.6) is 5.75 Å². The minimum atomic E-state index is -0.320. The Kier molecular flexibility index (Phi) is 5.23. The molecule has 2 saturated carbocycles. The lowest BCUT2D eigenvalue weighted by Crippen LogP contribution is -2.47. The van der Waals surface area contributed by atoms with Crippen molar-refractivity contribution in [1.82, 2.24) is 19.7 Å². The van der Waals surface area contributed by atoms with E-state index in [-0.39, 0.29) is 24.7 Å². The zero-order valence-electron chi connectivity index (χ0n) is 17.8. The van der Waals surface area contributed by atoms with Crippen molar-refractivity contribution in [2.75, 3.05) is 13.7 Å². The molecule has 30 heavy (non-hydrogen) atoms. The Morgan fingerprint density at radius 3 is 2.50 bits per heavy atom. The van der Waals surface area contributed by atoms with Gasteiger partial charge in [0.05, 0.1) is 13.2 Å². The van der Waals surface area contributed by atoms with Crippen LogP contribution in [-0.2, 0) is 16.1 Å². The summed E-state index contributed by atoms with van der Waals surface area (Å²) in [5.74, 6) is 3.10. The number of hydrogen-bond donors (Lipinski definition) is 0. The summed E-state index contributed by atoms with van der Waals surface area (Å²) in [5, 5.41) is 4.85. The van der Waals surface area contributed by atoms with E-state index in [4.69, 9.17) is 19.6 Å². The van der Waals surface area contributed by atoms with Gasteiger partial charge in [-0.25, -0.2) is 9.67 Å². The number of carbonyl (C=O) groups excluding carboxylic acids is 1. The van der Waals surface area contributed by atoms with Crippen LogP contribution in [-0.4, -0.2) is 45.3 Å². The van der Waals surface area contributed by atoms with E-state index in [1.54, 1.807) is 7.11 Å². The van der Waals surface area contributed by atoms with E-state index in [2.05, 4.69) is 6.92 Å². The smallest absolute Gasteiger partial charge is 0.249 e. The van der Waals surface area contributed by atoms with Crippen LogP contribution in [0, 0.1) is 0 Å².